The standard InChI is InChI=1S/C14H24N2OS/c1-2-6-14(5-1)10-16-13(18-11-14)15-7-3-12-4-8-17-9-12/h12H,1-11H2,(H,15,16). The van der Waals surface area contributed by atoms with E-state index < -0.39 is 0 Å². The maximum absolute atomic E-state index is 5.40. The minimum atomic E-state index is 0.565. The molecule has 3 nitrogen and oxygen atoms in total. The van der Waals surface area contributed by atoms with Crippen molar-refractivity contribution in [2.75, 3.05) is 32.1 Å². The highest BCUT2D eigenvalue weighted by molar-refractivity contribution is 8.13. The van der Waals surface area contributed by atoms with Crippen molar-refractivity contribution >= 4 is 16.9 Å². The second-order valence-electron chi connectivity index (χ2n) is 6.06. The molecule has 3 aliphatic rings. The summed E-state index contributed by atoms with van der Waals surface area (Å²) >= 11 is 1.95. The average molecular weight is 268 g/mol. The third-order valence-corrected chi connectivity index (χ3v) is 5.89. The van der Waals surface area contributed by atoms with Gasteiger partial charge in [0.1, 0.15) is 0 Å². The summed E-state index contributed by atoms with van der Waals surface area (Å²) in [6.45, 7) is 4.05. The summed E-state index contributed by atoms with van der Waals surface area (Å²) in [4.78, 5) is 4.77. The van der Waals surface area contributed by atoms with Gasteiger partial charge in [-0.2, -0.15) is 0 Å². The Morgan fingerprint density at radius 2 is 2.28 bits per heavy atom. The lowest BCUT2D eigenvalue weighted by molar-refractivity contribution is 0.184. The molecule has 1 saturated heterocycles. The lowest BCUT2D eigenvalue weighted by Gasteiger charge is -2.31. The highest BCUT2D eigenvalue weighted by atomic mass is 32.2. The van der Waals surface area contributed by atoms with E-state index in [1.54, 1.807) is 0 Å². The molecule has 102 valence electrons. The fourth-order valence-electron chi connectivity index (χ4n) is 3.28. The third-order valence-electron chi connectivity index (χ3n) is 4.59. The first-order valence-corrected chi connectivity index (χ1v) is 8.34. The number of nitrogens with zero attached hydrogens (tertiary/aromatic N) is 1. The normalized spacial score (nSPS) is 30.7. The molecule has 0 bridgehead atoms. The average Bonchev–Trinajstić information content (AvgIpc) is 3.04. The number of ether oxygens (including phenoxy) is 1. The Bertz CT molecular complexity index is 307. The van der Waals surface area contributed by atoms with Crippen molar-refractivity contribution in [3.05, 3.63) is 0 Å². The predicted octanol–water partition coefficient (Wildman–Crippen LogP) is 2.67. The fourth-order valence-corrected chi connectivity index (χ4v) is 4.46. The molecule has 3 rings (SSSR count). The minimum Gasteiger partial charge on any atom is -0.381 e. The molecular formula is C14H24N2OS. The van der Waals surface area contributed by atoms with Gasteiger partial charge in [-0.3, -0.25) is 4.99 Å². The maximum Gasteiger partial charge on any atom is 0.156 e. The van der Waals surface area contributed by atoms with E-state index >= 15 is 0 Å². The van der Waals surface area contributed by atoms with Gasteiger partial charge in [0.25, 0.3) is 0 Å². The lowest BCUT2D eigenvalue weighted by Crippen LogP contribution is -2.34. The van der Waals surface area contributed by atoms with E-state index in [9.17, 15) is 0 Å². The smallest absolute Gasteiger partial charge is 0.156 e. The molecule has 0 radical (unpaired) electrons. The van der Waals surface area contributed by atoms with Crippen LogP contribution >= 0.6 is 11.8 Å². The molecule has 2 fully saturated rings. The Balaban J connectivity index is 1.39. The van der Waals surface area contributed by atoms with Gasteiger partial charge in [-0.15, -0.1) is 0 Å². The van der Waals surface area contributed by atoms with Crippen LogP contribution in [0, 0.1) is 11.3 Å². The van der Waals surface area contributed by atoms with Crippen LogP contribution in [0.25, 0.3) is 0 Å². The Morgan fingerprint density at radius 1 is 1.39 bits per heavy atom. The molecular weight excluding hydrogens is 244 g/mol. The highest BCUT2D eigenvalue weighted by Gasteiger charge is 2.36. The zero-order valence-corrected chi connectivity index (χ0v) is 11.9. The van der Waals surface area contributed by atoms with E-state index in [0.29, 0.717) is 5.41 Å². The molecule has 1 aliphatic carbocycles. The van der Waals surface area contributed by atoms with Crippen LogP contribution in [0.3, 0.4) is 0 Å². The zero-order chi connectivity index (χ0) is 12.3. The Hall–Kier alpha value is -0.220. The number of hydrogen-bond donors (Lipinski definition) is 1. The zero-order valence-electron chi connectivity index (χ0n) is 11.1. The van der Waals surface area contributed by atoms with E-state index in [0.717, 1.165) is 32.2 Å². The van der Waals surface area contributed by atoms with Crippen LogP contribution in [0.1, 0.15) is 38.5 Å². The van der Waals surface area contributed by atoms with Gasteiger partial charge in [-0.25, -0.2) is 0 Å². The molecule has 1 unspecified atom stereocenters. The molecule has 0 aromatic carbocycles. The number of hydrogen-bond acceptors (Lipinski definition) is 4. The SMILES string of the molecule is C1CCC2(C1)CN=C(NCCC1CCOC1)SC2. The Labute approximate surface area is 114 Å². The summed E-state index contributed by atoms with van der Waals surface area (Å²) in [6.07, 6.45) is 8.10. The van der Waals surface area contributed by atoms with Crippen LogP contribution in [-0.4, -0.2) is 37.2 Å². The Morgan fingerprint density at radius 3 is 2.94 bits per heavy atom. The van der Waals surface area contributed by atoms with E-state index in [-0.39, 0.29) is 0 Å². The van der Waals surface area contributed by atoms with Crippen molar-refractivity contribution in [3.8, 4) is 0 Å². The van der Waals surface area contributed by atoms with Gasteiger partial charge >= 0.3 is 0 Å². The van der Waals surface area contributed by atoms with E-state index in [2.05, 4.69) is 5.32 Å². The topological polar surface area (TPSA) is 33.6 Å². The van der Waals surface area contributed by atoms with Crippen molar-refractivity contribution in [3.63, 3.8) is 0 Å². The van der Waals surface area contributed by atoms with Crippen molar-refractivity contribution in [2.24, 2.45) is 16.3 Å². The molecule has 1 saturated carbocycles. The van der Waals surface area contributed by atoms with E-state index in [1.807, 2.05) is 11.8 Å². The van der Waals surface area contributed by atoms with Gasteiger partial charge in [0.05, 0.1) is 0 Å². The van der Waals surface area contributed by atoms with Crippen molar-refractivity contribution in [1.29, 1.82) is 0 Å². The molecule has 1 atom stereocenters. The molecule has 2 aliphatic heterocycles. The van der Waals surface area contributed by atoms with Crippen LogP contribution in [0.15, 0.2) is 4.99 Å². The van der Waals surface area contributed by atoms with Gasteiger partial charge in [-0.1, -0.05) is 24.6 Å². The van der Waals surface area contributed by atoms with Gasteiger partial charge < -0.3 is 10.1 Å². The fraction of sp³-hybridized carbons (Fsp3) is 0.929. The molecule has 1 spiro atoms. The van der Waals surface area contributed by atoms with Gasteiger partial charge in [0.15, 0.2) is 5.17 Å². The summed E-state index contributed by atoms with van der Waals surface area (Å²) < 4.78 is 5.40. The molecule has 18 heavy (non-hydrogen) atoms. The summed E-state index contributed by atoms with van der Waals surface area (Å²) in [5.74, 6) is 2.05. The lowest BCUT2D eigenvalue weighted by atomic mass is 9.89. The van der Waals surface area contributed by atoms with Crippen molar-refractivity contribution < 1.29 is 4.74 Å². The number of rotatable bonds is 3. The molecule has 0 aromatic heterocycles. The van der Waals surface area contributed by atoms with E-state index in [1.165, 1.54) is 49.4 Å². The molecule has 0 aromatic rings. The maximum atomic E-state index is 5.40. The molecule has 0 amide bonds. The van der Waals surface area contributed by atoms with Crippen molar-refractivity contribution in [1.82, 2.24) is 5.32 Å². The second kappa shape index (κ2) is 5.83. The first-order valence-electron chi connectivity index (χ1n) is 7.35. The quantitative estimate of drug-likeness (QED) is 0.854. The molecule has 2 heterocycles. The highest BCUT2D eigenvalue weighted by Crippen LogP contribution is 2.43. The second-order valence-corrected chi connectivity index (χ2v) is 7.03. The van der Waals surface area contributed by atoms with Gasteiger partial charge in [0.2, 0.25) is 0 Å². The van der Waals surface area contributed by atoms with Gasteiger partial charge in [-0.05, 0) is 37.0 Å². The van der Waals surface area contributed by atoms with Crippen LogP contribution in [0.4, 0.5) is 0 Å². The minimum absolute atomic E-state index is 0.565. The van der Waals surface area contributed by atoms with Crippen LogP contribution in [0.5, 0.6) is 0 Å². The third kappa shape index (κ3) is 3.02. The number of amidine groups is 1. The van der Waals surface area contributed by atoms with Crippen LogP contribution in [0.2, 0.25) is 0 Å². The summed E-state index contributed by atoms with van der Waals surface area (Å²) in [5, 5.41) is 4.70. The monoisotopic (exact) mass is 268 g/mol. The first kappa shape index (κ1) is 12.8. The van der Waals surface area contributed by atoms with Gasteiger partial charge in [0, 0.05) is 32.1 Å². The predicted molar refractivity (Wildman–Crippen MR) is 77.2 cm³/mol. The van der Waals surface area contributed by atoms with Crippen LogP contribution in [-0.2, 0) is 4.74 Å². The summed E-state index contributed by atoms with van der Waals surface area (Å²) in [6, 6.07) is 0. The largest absolute Gasteiger partial charge is 0.381 e. The van der Waals surface area contributed by atoms with E-state index in [4.69, 9.17) is 9.73 Å². The molecule has 4 heteroatoms. The summed E-state index contributed by atoms with van der Waals surface area (Å²) in [7, 11) is 0. The van der Waals surface area contributed by atoms with Crippen molar-refractivity contribution in [2.45, 2.75) is 38.5 Å². The molecule has 1 N–H and O–H groups in total. The Kier molecular flexibility index (Phi) is 4.14. The van der Waals surface area contributed by atoms with Crippen LogP contribution < -0.4 is 5.32 Å². The number of aliphatic imine (C=N–C) groups is 1. The summed E-state index contributed by atoms with van der Waals surface area (Å²) in [5.41, 5.74) is 0.565. The first-order chi connectivity index (χ1) is 8.86. The number of thioether (sulfide) groups is 1. The number of nitrogens with one attached hydrogen (secondary N) is 1.